The highest BCUT2D eigenvalue weighted by Crippen LogP contribution is 2.33. The Balaban J connectivity index is 2.13. The molecule has 2 rings (SSSR count). The van der Waals surface area contributed by atoms with Crippen molar-refractivity contribution in [1.29, 1.82) is 0 Å². The van der Waals surface area contributed by atoms with Gasteiger partial charge in [-0.25, -0.2) is 0 Å². The third-order valence-electron chi connectivity index (χ3n) is 2.93. The second-order valence-electron chi connectivity index (χ2n) is 4.42. The van der Waals surface area contributed by atoms with Crippen LogP contribution in [-0.2, 0) is 0 Å². The van der Waals surface area contributed by atoms with E-state index in [2.05, 4.69) is 12.2 Å². The van der Waals surface area contributed by atoms with E-state index in [0.717, 1.165) is 25.9 Å². The first-order valence-electron chi connectivity index (χ1n) is 5.47. The first-order chi connectivity index (χ1) is 7.59. The molecule has 2 N–H and O–H groups in total. The molecule has 0 radical (unpaired) electrons. The smallest absolute Gasteiger partial charge is 0.138 e. The van der Waals surface area contributed by atoms with Crippen molar-refractivity contribution in [3.63, 3.8) is 0 Å². The Morgan fingerprint density at radius 3 is 2.69 bits per heavy atom. The monoisotopic (exact) mass is 241 g/mol. The molecule has 3 nitrogen and oxygen atoms in total. The van der Waals surface area contributed by atoms with Crippen molar-refractivity contribution < 1.29 is 9.84 Å². The van der Waals surface area contributed by atoms with Crippen molar-refractivity contribution in [2.24, 2.45) is 0 Å². The normalized spacial score (nSPS) is 19.4. The SMILES string of the molecule is CC1(Oc2ccc(O)cc2Cl)CCNCC1. The van der Waals surface area contributed by atoms with E-state index in [4.69, 9.17) is 16.3 Å². The summed E-state index contributed by atoms with van der Waals surface area (Å²) in [5.74, 6) is 0.802. The topological polar surface area (TPSA) is 41.5 Å². The number of nitrogens with one attached hydrogen (secondary N) is 1. The van der Waals surface area contributed by atoms with Crippen molar-refractivity contribution in [1.82, 2.24) is 5.32 Å². The molecule has 1 fully saturated rings. The minimum atomic E-state index is -0.161. The Hall–Kier alpha value is -0.930. The van der Waals surface area contributed by atoms with Gasteiger partial charge in [-0.15, -0.1) is 0 Å². The minimum absolute atomic E-state index is 0.160. The summed E-state index contributed by atoms with van der Waals surface area (Å²) in [7, 11) is 0. The first kappa shape index (κ1) is 11.6. The molecule has 1 aliphatic rings. The fourth-order valence-corrected chi connectivity index (χ4v) is 2.11. The summed E-state index contributed by atoms with van der Waals surface area (Å²) >= 11 is 6.01. The molecule has 0 bridgehead atoms. The quantitative estimate of drug-likeness (QED) is 0.836. The van der Waals surface area contributed by atoms with E-state index in [1.54, 1.807) is 12.1 Å². The van der Waals surface area contributed by atoms with Gasteiger partial charge in [0, 0.05) is 6.07 Å². The molecule has 4 heteroatoms. The van der Waals surface area contributed by atoms with Crippen LogP contribution < -0.4 is 10.1 Å². The molecule has 88 valence electrons. The van der Waals surface area contributed by atoms with Crippen molar-refractivity contribution in [2.45, 2.75) is 25.4 Å². The average Bonchev–Trinajstić information content (AvgIpc) is 2.23. The summed E-state index contributed by atoms with van der Waals surface area (Å²) in [4.78, 5) is 0. The van der Waals surface area contributed by atoms with E-state index < -0.39 is 0 Å². The number of hydrogen-bond acceptors (Lipinski definition) is 3. The second kappa shape index (κ2) is 4.52. The van der Waals surface area contributed by atoms with E-state index in [-0.39, 0.29) is 11.4 Å². The van der Waals surface area contributed by atoms with Crippen LogP contribution in [0.4, 0.5) is 0 Å². The van der Waals surface area contributed by atoms with Crippen LogP contribution in [0.15, 0.2) is 18.2 Å². The van der Waals surface area contributed by atoms with Crippen LogP contribution in [0.1, 0.15) is 19.8 Å². The molecule has 0 amide bonds. The largest absolute Gasteiger partial charge is 0.508 e. The minimum Gasteiger partial charge on any atom is -0.508 e. The molecule has 0 spiro atoms. The molecule has 0 saturated carbocycles. The van der Waals surface area contributed by atoms with Gasteiger partial charge >= 0.3 is 0 Å². The van der Waals surface area contributed by atoms with Crippen molar-refractivity contribution >= 4 is 11.6 Å². The highest BCUT2D eigenvalue weighted by atomic mass is 35.5. The number of piperidine rings is 1. The molecule has 0 unspecified atom stereocenters. The standard InChI is InChI=1S/C12H16ClNO2/c1-12(4-6-14-7-5-12)16-11-3-2-9(15)8-10(11)13/h2-3,8,14-15H,4-7H2,1H3. The number of rotatable bonds is 2. The average molecular weight is 242 g/mol. The number of phenols is 1. The zero-order valence-corrected chi connectivity index (χ0v) is 10.0. The predicted octanol–water partition coefficient (Wildman–Crippen LogP) is 2.57. The van der Waals surface area contributed by atoms with Crippen molar-refractivity contribution in [3.8, 4) is 11.5 Å². The maximum Gasteiger partial charge on any atom is 0.138 e. The lowest BCUT2D eigenvalue weighted by Gasteiger charge is -2.34. The lowest BCUT2D eigenvalue weighted by Crippen LogP contribution is -2.43. The Labute approximate surface area is 100 Å². The number of phenolic OH excluding ortho intramolecular Hbond substituents is 1. The number of aromatic hydroxyl groups is 1. The van der Waals surface area contributed by atoms with Gasteiger partial charge in [-0.1, -0.05) is 11.6 Å². The van der Waals surface area contributed by atoms with Gasteiger partial charge in [-0.05, 0) is 45.0 Å². The number of hydrogen-bond donors (Lipinski definition) is 2. The van der Waals surface area contributed by atoms with Crippen molar-refractivity contribution in [2.75, 3.05) is 13.1 Å². The lowest BCUT2D eigenvalue weighted by molar-refractivity contribution is 0.0556. The van der Waals surface area contributed by atoms with E-state index in [0.29, 0.717) is 10.8 Å². The van der Waals surface area contributed by atoms with E-state index in [1.165, 1.54) is 6.07 Å². The number of benzene rings is 1. The zero-order chi connectivity index (χ0) is 11.6. The Morgan fingerprint density at radius 2 is 2.06 bits per heavy atom. The van der Waals surface area contributed by atoms with Crippen LogP contribution in [0.3, 0.4) is 0 Å². The molecule has 1 aliphatic heterocycles. The third-order valence-corrected chi connectivity index (χ3v) is 3.23. The molecule has 0 aliphatic carbocycles. The van der Waals surface area contributed by atoms with E-state index in [1.807, 2.05) is 0 Å². The molecule has 16 heavy (non-hydrogen) atoms. The fourth-order valence-electron chi connectivity index (χ4n) is 1.90. The summed E-state index contributed by atoms with van der Waals surface area (Å²) in [5.41, 5.74) is -0.161. The lowest BCUT2D eigenvalue weighted by atomic mass is 9.94. The zero-order valence-electron chi connectivity index (χ0n) is 9.29. The summed E-state index contributed by atoms with van der Waals surface area (Å²) in [6, 6.07) is 4.80. The van der Waals surface area contributed by atoms with Gasteiger partial charge in [-0.2, -0.15) is 0 Å². The summed E-state index contributed by atoms with van der Waals surface area (Å²) in [6.45, 7) is 4.02. The van der Waals surface area contributed by atoms with Crippen LogP contribution in [0.25, 0.3) is 0 Å². The molecule has 0 aromatic heterocycles. The fraction of sp³-hybridized carbons (Fsp3) is 0.500. The highest BCUT2D eigenvalue weighted by Gasteiger charge is 2.29. The first-order valence-corrected chi connectivity index (χ1v) is 5.85. The second-order valence-corrected chi connectivity index (χ2v) is 4.82. The Bertz CT molecular complexity index is 375. The summed E-state index contributed by atoms with van der Waals surface area (Å²) < 4.78 is 5.95. The van der Waals surface area contributed by atoms with E-state index >= 15 is 0 Å². The molecule has 0 atom stereocenters. The third kappa shape index (κ3) is 2.60. The highest BCUT2D eigenvalue weighted by molar-refractivity contribution is 6.32. The molecule has 1 saturated heterocycles. The van der Waals surface area contributed by atoms with Gasteiger partial charge in [0.15, 0.2) is 0 Å². The molecule has 1 heterocycles. The van der Waals surface area contributed by atoms with Crippen LogP contribution in [0, 0.1) is 0 Å². The molecule has 1 aromatic rings. The maximum absolute atomic E-state index is 9.26. The van der Waals surface area contributed by atoms with Crippen LogP contribution >= 0.6 is 11.6 Å². The summed E-state index contributed by atoms with van der Waals surface area (Å²) in [5, 5.41) is 13.0. The Morgan fingerprint density at radius 1 is 1.38 bits per heavy atom. The molecular weight excluding hydrogens is 226 g/mol. The van der Waals surface area contributed by atoms with Gasteiger partial charge in [-0.3, -0.25) is 0 Å². The number of halogens is 1. The number of ether oxygens (including phenoxy) is 1. The Kier molecular flexibility index (Phi) is 3.26. The van der Waals surface area contributed by atoms with Crippen LogP contribution in [0.5, 0.6) is 11.5 Å². The van der Waals surface area contributed by atoms with Gasteiger partial charge in [0.2, 0.25) is 0 Å². The van der Waals surface area contributed by atoms with Crippen LogP contribution in [-0.4, -0.2) is 23.8 Å². The van der Waals surface area contributed by atoms with E-state index in [9.17, 15) is 5.11 Å². The predicted molar refractivity (Wildman–Crippen MR) is 64.3 cm³/mol. The van der Waals surface area contributed by atoms with Crippen LogP contribution in [0.2, 0.25) is 5.02 Å². The van der Waals surface area contributed by atoms with Gasteiger partial charge in [0.1, 0.15) is 17.1 Å². The van der Waals surface area contributed by atoms with Crippen molar-refractivity contribution in [3.05, 3.63) is 23.2 Å². The summed E-state index contributed by atoms with van der Waals surface area (Å²) in [6.07, 6.45) is 1.93. The molecular formula is C12H16ClNO2. The van der Waals surface area contributed by atoms with Gasteiger partial charge in [0.25, 0.3) is 0 Å². The maximum atomic E-state index is 9.26. The van der Waals surface area contributed by atoms with Gasteiger partial charge < -0.3 is 15.2 Å². The van der Waals surface area contributed by atoms with Gasteiger partial charge in [0.05, 0.1) is 5.02 Å². The molecule has 1 aromatic carbocycles.